The van der Waals surface area contributed by atoms with E-state index in [1.54, 1.807) is 0 Å². The van der Waals surface area contributed by atoms with Crippen LogP contribution in [-0.2, 0) is 11.3 Å². The lowest BCUT2D eigenvalue weighted by atomic mass is 10.1. The zero-order valence-electron chi connectivity index (χ0n) is 14.9. The first-order chi connectivity index (χ1) is 11.6. The molecule has 2 rings (SSSR count). The van der Waals surface area contributed by atoms with Crippen LogP contribution in [0.2, 0.25) is 0 Å². The summed E-state index contributed by atoms with van der Waals surface area (Å²) in [6, 6.07) is 8.40. The van der Waals surface area contributed by atoms with Crippen molar-refractivity contribution >= 4 is 17.7 Å². The molecule has 1 aromatic carbocycles. The molecule has 0 spiro atoms. The minimum atomic E-state index is 0.0526. The summed E-state index contributed by atoms with van der Waals surface area (Å²) in [5, 5.41) is 12.5. The second kappa shape index (κ2) is 8.87. The van der Waals surface area contributed by atoms with Crippen molar-refractivity contribution in [2.45, 2.75) is 58.3 Å². The molecule has 2 aromatic rings. The van der Waals surface area contributed by atoms with E-state index in [4.69, 9.17) is 0 Å². The molecule has 24 heavy (non-hydrogen) atoms. The highest BCUT2D eigenvalue weighted by atomic mass is 32.2. The number of carbonyl (C=O) groups is 1. The minimum absolute atomic E-state index is 0.0526. The van der Waals surface area contributed by atoms with Gasteiger partial charge in [-0.2, -0.15) is 0 Å². The van der Waals surface area contributed by atoms with Crippen molar-refractivity contribution in [3.63, 3.8) is 0 Å². The Morgan fingerprint density at radius 3 is 2.54 bits per heavy atom. The molecule has 130 valence electrons. The van der Waals surface area contributed by atoms with E-state index in [0.29, 0.717) is 5.75 Å². The fourth-order valence-electron chi connectivity index (χ4n) is 2.60. The summed E-state index contributed by atoms with van der Waals surface area (Å²) >= 11 is 1.44. The lowest BCUT2D eigenvalue weighted by Crippen LogP contribution is -2.35. The van der Waals surface area contributed by atoms with E-state index in [-0.39, 0.29) is 11.9 Å². The van der Waals surface area contributed by atoms with Gasteiger partial charge in [0, 0.05) is 18.2 Å². The van der Waals surface area contributed by atoms with Gasteiger partial charge in [-0.15, -0.1) is 10.2 Å². The number of thioether (sulfide) groups is 1. The maximum Gasteiger partial charge on any atom is 0.230 e. The molecular formula is C18H26N4OS. The van der Waals surface area contributed by atoms with Crippen LogP contribution in [0.3, 0.4) is 0 Å². The quantitative estimate of drug-likeness (QED) is 0.741. The van der Waals surface area contributed by atoms with Gasteiger partial charge in [-0.05, 0) is 32.3 Å². The maximum atomic E-state index is 12.1. The summed E-state index contributed by atoms with van der Waals surface area (Å²) in [6.07, 6.45) is 1.91. The molecule has 0 aliphatic carbocycles. The second-order valence-corrected chi connectivity index (χ2v) is 6.68. The van der Waals surface area contributed by atoms with Crippen LogP contribution in [0.1, 0.15) is 39.2 Å². The number of aryl methyl sites for hydroxylation is 1. The first kappa shape index (κ1) is 18.5. The summed E-state index contributed by atoms with van der Waals surface area (Å²) in [6.45, 7) is 9.08. The van der Waals surface area contributed by atoms with Crippen LogP contribution < -0.4 is 5.32 Å². The van der Waals surface area contributed by atoms with Gasteiger partial charge in [0.15, 0.2) is 11.0 Å². The number of rotatable bonds is 8. The number of carbonyl (C=O) groups excluding carboxylic acids is 1. The smallest absolute Gasteiger partial charge is 0.230 e. The third-order valence-electron chi connectivity index (χ3n) is 4.10. The van der Waals surface area contributed by atoms with E-state index in [2.05, 4.69) is 59.9 Å². The molecule has 0 aliphatic heterocycles. The van der Waals surface area contributed by atoms with E-state index >= 15 is 0 Å². The van der Waals surface area contributed by atoms with E-state index in [9.17, 15) is 4.79 Å². The SMILES string of the molecule is CCC(CC)NC(=O)CSc1nnc(-c2ccccc2C)n1CC. The number of nitrogens with one attached hydrogen (secondary N) is 1. The number of hydrogen-bond donors (Lipinski definition) is 1. The third-order valence-corrected chi connectivity index (χ3v) is 5.07. The fraction of sp³-hybridized carbons (Fsp3) is 0.500. The van der Waals surface area contributed by atoms with Crippen LogP contribution in [0.25, 0.3) is 11.4 Å². The Kier molecular flexibility index (Phi) is 6.85. The predicted octanol–water partition coefficient (Wildman–Crippen LogP) is 3.67. The zero-order chi connectivity index (χ0) is 17.5. The summed E-state index contributed by atoms with van der Waals surface area (Å²) in [4.78, 5) is 12.1. The van der Waals surface area contributed by atoms with E-state index in [1.165, 1.54) is 17.3 Å². The third kappa shape index (κ3) is 4.38. The van der Waals surface area contributed by atoms with E-state index < -0.39 is 0 Å². The molecule has 1 N–H and O–H groups in total. The predicted molar refractivity (Wildman–Crippen MR) is 99.1 cm³/mol. The monoisotopic (exact) mass is 346 g/mol. The summed E-state index contributed by atoms with van der Waals surface area (Å²) in [7, 11) is 0. The number of aromatic nitrogens is 3. The standard InChI is InChI=1S/C18H26N4OS/c1-5-14(6-2)19-16(23)12-24-18-21-20-17(22(18)7-3)15-11-9-8-10-13(15)4/h8-11,14H,5-7,12H2,1-4H3,(H,19,23). The van der Waals surface area contributed by atoms with Crippen molar-refractivity contribution in [2.75, 3.05) is 5.75 Å². The second-order valence-electron chi connectivity index (χ2n) is 5.73. The van der Waals surface area contributed by atoms with Crippen molar-refractivity contribution in [3.8, 4) is 11.4 Å². The molecule has 0 radical (unpaired) electrons. The molecule has 0 unspecified atom stereocenters. The van der Waals surface area contributed by atoms with Crippen LogP contribution >= 0.6 is 11.8 Å². The highest BCUT2D eigenvalue weighted by Crippen LogP contribution is 2.26. The lowest BCUT2D eigenvalue weighted by Gasteiger charge is -2.14. The highest BCUT2D eigenvalue weighted by Gasteiger charge is 2.16. The number of benzene rings is 1. The minimum Gasteiger partial charge on any atom is -0.353 e. The number of hydrogen-bond acceptors (Lipinski definition) is 4. The topological polar surface area (TPSA) is 59.8 Å². The molecule has 5 nitrogen and oxygen atoms in total. The summed E-state index contributed by atoms with van der Waals surface area (Å²) in [5.74, 6) is 1.28. The van der Waals surface area contributed by atoms with Crippen LogP contribution in [0.15, 0.2) is 29.4 Å². The van der Waals surface area contributed by atoms with Gasteiger partial charge in [0.1, 0.15) is 0 Å². The van der Waals surface area contributed by atoms with Gasteiger partial charge >= 0.3 is 0 Å². The molecule has 1 heterocycles. The van der Waals surface area contributed by atoms with Crippen LogP contribution in [0, 0.1) is 6.92 Å². The van der Waals surface area contributed by atoms with E-state index in [0.717, 1.165) is 35.9 Å². The number of nitrogens with zero attached hydrogens (tertiary/aromatic N) is 3. The molecule has 0 saturated heterocycles. The van der Waals surface area contributed by atoms with Crippen molar-refractivity contribution < 1.29 is 4.79 Å². The Labute approximate surface area is 148 Å². The molecule has 1 amide bonds. The lowest BCUT2D eigenvalue weighted by molar-refractivity contribution is -0.119. The van der Waals surface area contributed by atoms with Crippen molar-refractivity contribution in [1.29, 1.82) is 0 Å². The van der Waals surface area contributed by atoms with Gasteiger partial charge in [0.2, 0.25) is 5.91 Å². The molecule has 6 heteroatoms. The normalized spacial score (nSPS) is 11.0. The van der Waals surface area contributed by atoms with Crippen molar-refractivity contribution in [3.05, 3.63) is 29.8 Å². The fourth-order valence-corrected chi connectivity index (χ4v) is 3.41. The highest BCUT2D eigenvalue weighted by molar-refractivity contribution is 7.99. The summed E-state index contributed by atoms with van der Waals surface area (Å²) < 4.78 is 2.07. The Morgan fingerprint density at radius 2 is 1.92 bits per heavy atom. The molecule has 1 aromatic heterocycles. The van der Waals surface area contributed by atoms with Crippen molar-refractivity contribution in [2.24, 2.45) is 0 Å². The molecule has 0 aliphatic rings. The van der Waals surface area contributed by atoms with Crippen molar-refractivity contribution in [1.82, 2.24) is 20.1 Å². The first-order valence-electron chi connectivity index (χ1n) is 8.51. The Morgan fingerprint density at radius 1 is 1.21 bits per heavy atom. The average molecular weight is 347 g/mol. The maximum absolute atomic E-state index is 12.1. The van der Waals surface area contributed by atoms with Gasteiger partial charge < -0.3 is 9.88 Å². The largest absolute Gasteiger partial charge is 0.353 e. The van der Waals surface area contributed by atoms with Gasteiger partial charge in [-0.3, -0.25) is 4.79 Å². The Hall–Kier alpha value is -1.82. The molecule has 0 bridgehead atoms. The molecular weight excluding hydrogens is 320 g/mol. The van der Waals surface area contributed by atoms with Gasteiger partial charge in [0.25, 0.3) is 0 Å². The van der Waals surface area contributed by atoms with Gasteiger partial charge in [-0.25, -0.2) is 0 Å². The first-order valence-corrected chi connectivity index (χ1v) is 9.50. The zero-order valence-corrected chi connectivity index (χ0v) is 15.7. The average Bonchev–Trinajstić information content (AvgIpc) is 3.00. The van der Waals surface area contributed by atoms with Gasteiger partial charge in [-0.1, -0.05) is 49.9 Å². The van der Waals surface area contributed by atoms with Crippen LogP contribution in [0.4, 0.5) is 0 Å². The molecule has 0 atom stereocenters. The van der Waals surface area contributed by atoms with Crippen LogP contribution in [-0.4, -0.2) is 32.5 Å². The van der Waals surface area contributed by atoms with E-state index in [1.807, 2.05) is 12.1 Å². The Balaban J connectivity index is 2.10. The number of amides is 1. The molecule has 0 fully saturated rings. The van der Waals surface area contributed by atoms with Gasteiger partial charge in [0.05, 0.1) is 5.75 Å². The molecule has 0 saturated carbocycles. The van der Waals surface area contributed by atoms with Crippen LogP contribution in [0.5, 0.6) is 0 Å². The summed E-state index contributed by atoms with van der Waals surface area (Å²) in [5.41, 5.74) is 2.25. The Bertz CT molecular complexity index is 679.